The summed E-state index contributed by atoms with van der Waals surface area (Å²) in [6, 6.07) is 8.95. The second-order valence-corrected chi connectivity index (χ2v) is 5.53. The van der Waals surface area contributed by atoms with Crippen LogP contribution in [0.2, 0.25) is 0 Å². The van der Waals surface area contributed by atoms with Crippen LogP contribution in [0.3, 0.4) is 0 Å². The highest BCUT2D eigenvalue weighted by atomic mass is 79.9. The highest BCUT2D eigenvalue weighted by Gasteiger charge is 2.10. The molecule has 1 aromatic carbocycles. The minimum absolute atomic E-state index is 0.255. The molecular weight excluding hydrogens is 338 g/mol. The Bertz CT molecular complexity index is 671. The summed E-state index contributed by atoms with van der Waals surface area (Å²) in [7, 11) is 0. The van der Waals surface area contributed by atoms with Crippen molar-refractivity contribution in [3.05, 3.63) is 57.8 Å². The number of carbonyl (C=O) groups excluding carboxylic acids is 1. The first-order valence-electron chi connectivity index (χ1n) is 5.81. The van der Waals surface area contributed by atoms with Gasteiger partial charge in [0.05, 0.1) is 5.69 Å². The van der Waals surface area contributed by atoms with Gasteiger partial charge in [-0.15, -0.1) is 0 Å². The molecule has 0 saturated carbocycles. The fourth-order valence-electron chi connectivity index (χ4n) is 1.58. The number of hydrogen-bond acceptors (Lipinski definition) is 3. The Balaban J connectivity index is 2.17. The number of nitrogens with one attached hydrogen (secondary N) is 1. The molecule has 0 fully saturated rings. The number of hydrogen-bond donors (Lipinski definition) is 2. The molecule has 0 bridgehead atoms. The number of aromatic nitrogens is 1. The van der Waals surface area contributed by atoms with Gasteiger partial charge in [0.1, 0.15) is 10.7 Å². The quantitative estimate of drug-likeness (QED) is 0.835. The van der Waals surface area contributed by atoms with Crippen molar-refractivity contribution in [3.8, 4) is 0 Å². The predicted molar refractivity (Wildman–Crippen MR) is 87.0 cm³/mol. The Hall–Kier alpha value is -1.79. The van der Waals surface area contributed by atoms with E-state index in [1.807, 2.05) is 25.1 Å². The van der Waals surface area contributed by atoms with Gasteiger partial charge in [-0.3, -0.25) is 9.78 Å². The van der Waals surface area contributed by atoms with E-state index >= 15 is 0 Å². The highest BCUT2D eigenvalue weighted by molar-refractivity contribution is 9.10. The Kier molecular flexibility index (Phi) is 4.46. The van der Waals surface area contributed by atoms with Crippen molar-refractivity contribution < 1.29 is 4.79 Å². The van der Waals surface area contributed by atoms with Gasteiger partial charge in [0, 0.05) is 16.2 Å². The summed E-state index contributed by atoms with van der Waals surface area (Å²) in [5.74, 6) is -0.288. The summed E-state index contributed by atoms with van der Waals surface area (Å²) in [4.78, 5) is 16.4. The molecule has 0 unspecified atom stereocenters. The lowest BCUT2D eigenvalue weighted by atomic mass is 10.2. The third kappa shape index (κ3) is 3.40. The molecule has 102 valence electrons. The van der Waals surface area contributed by atoms with Gasteiger partial charge in [0.25, 0.3) is 5.91 Å². The van der Waals surface area contributed by atoms with E-state index in [9.17, 15) is 4.79 Å². The molecule has 2 rings (SSSR count). The Labute approximate surface area is 130 Å². The smallest absolute Gasteiger partial charge is 0.274 e. The van der Waals surface area contributed by atoms with E-state index in [2.05, 4.69) is 26.2 Å². The van der Waals surface area contributed by atoms with E-state index in [1.54, 1.807) is 12.1 Å². The molecule has 1 heterocycles. The van der Waals surface area contributed by atoms with Crippen LogP contribution in [0.25, 0.3) is 0 Å². The number of aryl methyl sites for hydroxylation is 1. The molecule has 1 aromatic heterocycles. The van der Waals surface area contributed by atoms with Crippen LogP contribution < -0.4 is 11.1 Å². The molecule has 0 aliphatic rings. The zero-order valence-electron chi connectivity index (χ0n) is 10.7. The number of carbonyl (C=O) groups is 1. The number of nitrogens with two attached hydrogens (primary N) is 1. The van der Waals surface area contributed by atoms with Crippen LogP contribution in [0, 0.1) is 6.92 Å². The number of anilines is 1. The van der Waals surface area contributed by atoms with Crippen LogP contribution in [0.15, 0.2) is 41.0 Å². The van der Waals surface area contributed by atoms with Crippen molar-refractivity contribution in [1.29, 1.82) is 0 Å². The molecule has 4 nitrogen and oxygen atoms in total. The summed E-state index contributed by atoms with van der Waals surface area (Å²) in [6.45, 7) is 1.98. The Morgan fingerprint density at radius 2 is 2.10 bits per heavy atom. The van der Waals surface area contributed by atoms with Gasteiger partial charge < -0.3 is 11.1 Å². The number of halogens is 1. The second kappa shape index (κ2) is 6.11. The molecule has 0 aliphatic carbocycles. The summed E-state index contributed by atoms with van der Waals surface area (Å²) in [5, 5.41) is 2.79. The SMILES string of the molecule is Cc1ccc(NC(=O)c2ccc(C(N)=S)cn2)c(Br)c1. The molecule has 6 heteroatoms. The van der Waals surface area contributed by atoms with Crippen molar-refractivity contribution in [1.82, 2.24) is 4.98 Å². The zero-order chi connectivity index (χ0) is 14.7. The standard InChI is InChI=1S/C14H12BrN3OS/c1-8-2-4-11(10(15)6-8)18-14(19)12-5-3-9(7-17-12)13(16)20/h2-7H,1H3,(H2,16,20)(H,18,19). The molecule has 0 radical (unpaired) electrons. The van der Waals surface area contributed by atoms with E-state index in [1.165, 1.54) is 6.20 Å². The first-order chi connectivity index (χ1) is 9.47. The van der Waals surface area contributed by atoms with Crippen LogP contribution in [0.5, 0.6) is 0 Å². The predicted octanol–water partition coefficient (Wildman–Crippen LogP) is 3.04. The molecular formula is C14H12BrN3OS. The summed E-state index contributed by atoms with van der Waals surface area (Å²) in [5.41, 5.74) is 8.22. The van der Waals surface area contributed by atoms with Crippen molar-refractivity contribution in [2.45, 2.75) is 6.92 Å². The van der Waals surface area contributed by atoms with E-state index < -0.39 is 0 Å². The lowest BCUT2D eigenvalue weighted by molar-refractivity contribution is 0.102. The highest BCUT2D eigenvalue weighted by Crippen LogP contribution is 2.23. The lowest BCUT2D eigenvalue weighted by Crippen LogP contribution is -2.15. The molecule has 0 atom stereocenters. The van der Waals surface area contributed by atoms with E-state index in [0.29, 0.717) is 16.9 Å². The Morgan fingerprint density at radius 3 is 2.65 bits per heavy atom. The van der Waals surface area contributed by atoms with Crippen molar-refractivity contribution in [2.24, 2.45) is 5.73 Å². The maximum atomic E-state index is 12.1. The molecule has 3 N–H and O–H groups in total. The molecule has 20 heavy (non-hydrogen) atoms. The van der Waals surface area contributed by atoms with Gasteiger partial charge in [-0.05, 0) is 52.7 Å². The fourth-order valence-corrected chi connectivity index (χ4v) is 2.29. The van der Waals surface area contributed by atoms with E-state index in [4.69, 9.17) is 18.0 Å². The fraction of sp³-hybridized carbons (Fsp3) is 0.0714. The number of rotatable bonds is 3. The van der Waals surface area contributed by atoms with Crippen molar-refractivity contribution in [3.63, 3.8) is 0 Å². The van der Waals surface area contributed by atoms with Crippen LogP contribution in [0.1, 0.15) is 21.6 Å². The number of amides is 1. The largest absolute Gasteiger partial charge is 0.389 e. The van der Waals surface area contributed by atoms with Gasteiger partial charge in [0.2, 0.25) is 0 Å². The minimum atomic E-state index is -0.288. The third-order valence-electron chi connectivity index (χ3n) is 2.65. The van der Waals surface area contributed by atoms with Crippen LogP contribution in [-0.2, 0) is 0 Å². The monoisotopic (exact) mass is 349 g/mol. The second-order valence-electron chi connectivity index (χ2n) is 4.23. The zero-order valence-corrected chi connectivity index (χ0v) is 13.1. The first-order valence-corrected chi connectivity index (χ1v) is 7.01. The normalized spacial score (nSPS) is 10.1. The van der Waals surface area contributed by atoms with E-state index in [0.717, 1.165) is 10.0 Å². The maximum absolute atomic E-state index is 12.1. The molecule has 2 aromatic rings. The molecule has 0 spiro atoms. The van der Waals surface area contributed by atoms with Crippen LogP contribution in [0.4, 0.5) is 5.69 Å². The summed E-state index contributed by atoms with van der Waals surface area (Å²) < 4.78 is 0.825. The van der Waals surface area contributed by atoms with Gasteiger partial charge in [-0.2, -0.15) is 0 Å². The topological polar surface area (TPSA) is 68.0 Å². The average Bonchev–Trinajstić information content (AvgIpc) is 2.42. The lowest BCUT2D eigenvalue weighted by Gasteiger charge is -2.08. The van der Waals surface area contributed by atoms with Crippen LogP contribution >= 0.6 is 28.1 Å². The molecule has 1 amide bonds. The summed E-state index contributed by atoms with van der Waals surface area (Å²) >= 11 is 8.25. The van der Waals surface area contributed by atoms with E-state index in [-0.39, 0.29) is 10.9 Å². The molecule has 0 saturated heterocycles. The average molecular weight is 350 g/mol. The van der Waals surface area contributed by atoms with Crippen molar-refractivity contribution in [2.75, 3.05) is 5.32 Å². The van der Waals surface area contributed by atoms with Gasteiger partial charge >= 0.3 is 0 Å². The van der Waals surface area contributed by atoms with Gasteiger partial charge in [0.15, 0.2) is 0 Å². The minimum Gasteiger partial charge on any atom is -0.389 e. The Morgan fingerprint density at radius 1 is 1.35 bits per heavy atom. The summed E-state index contributed by atoms with van der Waals surface area (Å²) in [6.07, 6.45) is 1.49. The maximum Gasteiger partial charge on any atom is 0.274 e. The third-order valence-corrected chi connectivity index (χ3v) is 3.55. The van der Waals surface area contributed by atoms with Gasteiger partial charge in [-0.1, -0.05) is 18.3 Å². The first kappa shape index (κ1) is 14.6. The van der Waals surface area contributed by atoms with Crippen molar-refractivity contribution >= 4 is 44.7 Å². The van der Waals surface area contributed by atoms with Crippen LogP contribution in [-0.4, -0.2) is 15.9 Å². The number of thiocarbonyl (C=S) groups is 1. The number of benzene rings is 1. The number of nitrogens with zero attached hydrogens (tertiary/aromatic N) is 1. The molecule has 0 aliphatic heterocycles. The number of pyridine rings is 1. The van der Waals surface area contributed by atoms with Gasteiger partial charge in [-0.25, -0.2) is 0 Å².